The molecule has 0 bridgehead atoms. The number of alkyl halides is 5. The summed E-state index contributed by atoms with van der Waals surface area (Å²) in [5.41, 5.74) is 2.48. The number of halogens is 7. The van der Waals surface area contributed by atoms with Crippen molar-refractivity contribution >= 4 is 29.4 Å². The number of ether oxygens (including phenoxy) is 1. The molecule has 17 heteroatoms. The van der Waals surface area contributed by atoms with E-state index in [1.54, 1.807) is 30.5 Å². The zero-order valence-corrected chi connectivity index (χ0v) is 29.4. The predicted molar refractivity (Wildman–Crippen MR) is 181 cm³/mol. The molecule has 1 fully saturated rings. The predicted octanol–water partition coefficient (Wildman–Crippen LogP) is 7.86. The summed E-state index contributed by atoms with van der Waals surface area (Å²) in [6.07, 6.45) is -6.76. The lowest BCUT2D eigenvalue weighted by atomic mass is 9.75. The van der Waals surface area contributed by atoms with Crippen molar-refractivity contribution in [3.8, 4) is 16.9 Å². The van der Waals surface area contributed by atoms with Crippen LogP contribution < -0.4 is 5.73 Å². The number of carbonyl (C=O) groups is 2. The molecule has 4 aromatic rings. The number of amides is 1. The molecule has 6 rings (SSSR count). The van der Waals surface area contributed by atoms with Gasteiger partial charge in [-0.2, -0.15) is 18.3 Å². The molecule has 10 nitrogen and oxygen atoms in total. The summed E-state index contributed by atoms with van der Waals surface area (Å²) in [7, 11) is 0. The van der Waals surface area contributed by atoms with Gasteiger partial charge < -0.3 is 10.5 Å². The van der Waals surface area contributed by atoms with Crippen molar-refractivity contribution < 1.29 is 40.7 Å². The standard InChI is InChI=1S/C36H34ClF6N7O3/c1-33(2,3)18-35(22-9-7-20(14-24(22)38)25-6-4-5-13-45-25)31(52)49(32(44)48-35)27(17-53-28(51)16-34(11-12-34)36(41,42)43)21-8-10-23(37)26(15-21)50-30(29(39)40)46-19-47-50/h4-10,13-15,19,27,29H,11-12,16-18H2,1-3H3,(H2,44,48)/t27?,35-/m1/s1. The summed E-state index contributed by atoms with van der Waals surface area (Å²) in [4.78, 5) is 41.2. The van der Waals surface area contributed by atoms with Gasteiger partial charge in [0.05, 0.1) is 34.3 Å². The minimum absolute atomic E-state index is 0.0516. The van der Waals surface area contributed by atoms with Crippen LogP contribution in [0.25, 0.3) is 16.9 Å². The number of benzene rings is 2. The van der Waals surface area contributed by atoms with Crippen LogP contribution in [0.2, 0.25) is 5.02 Å². The molecule has 3 heterocycles. The van der Waals surface area contributed by atoms with Gasteiger partial charge in [-0.05, 0) is 60.6 Å². The molecule has 1 aliphatic carbocycles. The van der Waals surface area contributed by atoms with E-state index in [0.29, 0.717) is 11.3 Å². The van der Waals surface area contributed by atoms with Gasteiger partial charge in [-0.1, -0.05) is 56.6 Å². The first-order valence-electron chi connectivity index (χ1n) is 16.5. The number of nitrogens with zero attached hydrogens (tertiary/aromatic N) is 6. The first-order chi connectivity index (χ1) is 24.9. The molecule has 2 aliphatic rings. The van der Waals surface area contributed by atoms with Crippen LogP contribution in [0, 0.1) is 16.6 Å². The monoisotopic (exact) mass is 761 g/mol. The van der Waals surface area contributed by atoms with Gasteiger partial charge >= 0.3 is 12.1 Å². The van der Waals surface area contributed by atoms with Gasteiger partial charge in [0.2, 0.25) is 0 Å². The lowest BCUT2D eigenvalue weighted by Gasteiger charge is -2.35. The fourth-order valence-corrected chi connectivity index (χ4v) is 6.81. The molecular weight excluding hydrogens is 728 g/mol. The highest BCUT2D eigenvalue weighted by Crippen LogP contribution is 2.60. The van der Waals surface area contributed by atoms with Crippen LogP contribution in [0.15, 0.2) is 72.1 Å². The second-order valence-corrected chi connectivity index (χ2v) is 14.8. The molecule has 1 unspecified atom stereocenters. The van der Waals surface area contributed by atoms with Gasteiger partial charge in [-0.3, -0.25) is 19.5 Å². The van der Waals surface area contributed by atoms with Crippen LogP contribution in [-0.4, -0.2) is 55.3 Å². The Hall–Kier alpha value is -4.99. The van der Waals surface area contributed by atoms with E-state index < -0.39 is 77.5 Å². The Morgan fingerprint density at radius 2 is 1.79 bits per heavy atom. The topological polar surface area (TPSA) is 129 Å². The lowest BCUT2D eigenvalue weighted by Crippen LogP contribution is -2.47. The number of pyridine rings is 1. The molecule has 0 radical (unpaired) electrons. The second kappa shape index (κ2) is 13.8. The van der Waals surface area contributed by atoms with Crippen LogP contribution in [-0.2, 0) is 19.9 Å². The van der Waals surface area contributed by atoms with Crippen LogP contribution in [0.5, 0.6) is 0 Å². The number of guanidine groups is 1. The first-order valence-corrected chi connectivity index (χ1v) is 16.8. The van der Waals surface area contributed by atoms with Crippen molar-refractivity contribution in [3.05, 3.63) is 94.9 Å². The maximum Gasteiger partial charge on any atom is 0.395 e. The first kappa shape index (κ1) is 37.8. The molecule has 2 atom stereocenters. The van der Waals surface area contributed by atoms with Gasteiger partial charge in [0.15, 0.2) is 17.3 Å². The van der Waals surface area contributed by atoms with E-state index in [9.17, 15) is 31.5 Å². The summed E-state index contributed by atoms with van der Waals surface area (Å²) in [5, 5.41) is 3.81. The van der Waals surface area contributed by atoms with Crippen molar-refractivity contribution in [1.29, 1.82) is 0 Å². The lowest BCUT2D eigenvalue weighted by molar-refractivity contribution is -0.195. The van der Waals surface area contributed by atoms with E-state index in [0.717, 1.165) is 15.9 Å². The molecule has 2 aromatic heterocycles. The van der Waals surface area contributed by atoms with Crippen molar-refractivity contribution in [2.75, 3.05) is 6.61 Å². The van der Waals surface area contributed by atoms with Gasteiger partial charge in [0.25, 0.3) is 12.3 Å². The van der Waals surface area contributed by atoms with Crippen molar-refractivity contribution in [2.45, 2.75) is 70.6 Å². The van der Waals surface area contributed by atoms with E-state index in [2.05, 4.69) is 20.1 Å². The SMILES string of the molecule is CC(C)(C)C[C@]1(c2ccc(-c3ccccn3)cc2F)N=C(N)N(C(COC(=O)CC2(C(F)(F)F)CC2)c2ccc(Cl)c(-n3ncnc3C(F)F)c2)C1=O. The van der Waals surface area contributed by atoms with Crippen molar-refractivity contribution in [2.24, 2.45) is 21.6 Å². The molecular formula is C36H34ClF6N7O3. The number of hydrogen-bond acceptors (Lipinski definition) is 8. The van der Waals surface area contributed by atoms with Gasteiger partial charge in [-0.15, -0.1) is 0 Å². The molecule has 2 aromatic carbocycles. The summed E-state index contributed by atoms with van der Waals surface area (Å²) < 4.78 is 91.2. The Morgan fingerprint density at radius 1 is 1.06 bits per heavy atom. The number of rotatable bonds is 11. The van der Waals surface area contributed by atoms with E-state index >= 15 is 4.39 Å². The Kier molecular flexibility index (Phi) is 9.81. The quantitative estimate of drug-likeness (QED) is 0.122. The summed E-state index contributed by atoms with van der Waals surface area (Å²) in [5.74, 6) is -3.95. The average Bonchev–Trinajstić information content (AvgIpc) is 3.63. The number of hydrogen-bond donors (Lipinski definition) is 1. The third kappa shape index (κ3) is 7.33. The largest absolute Gasteiger partial charge is 0.463 e. The minimum Gasteiger partial charge on any atom is -0.463 e. The fraction of sp³-hybridized carbons (Fsp3) is 0.389. The zero-order chi connectivity index (χ0) is 38.5. The molecule has 53 heavy (non-hydrogen) atoms. The fourth-order valence-electron chi connectivity index (χ4n) is 6.61. The number of carbonyl (C=O) groups excluding carboxylic acids is 2. The Labute approximate surface area is 305 Å². The van der Waals surface area contributed by atoms with Crippen LogP contribution in [0.3, 0.4) is 0 Å². The second-order valence-electron chi connectivity index (χ2n) is 14.3. The average molecular weight is 762 g/mol. The van der Waals surface area contributed by atoms with Crippen LogP contribution >= 0.6 is 11.6 Å². The number of esters is 1. The Morgan fingerprint density at radius 3 is 2.40 bits per heavy atom. The number of nitrogens with two attached hydrogens (primary N) is 1. The summed E-state index contributed by atoms with van der Waals surface area (Å²) in [6, 6.07) is 12.0. The summed E-state index contributed by atoms with van der Waals surface area (Å²) in [6.45, 7) is 4.71. The maximum atomic E-state index is 16.3. The van der Waals surface area contributed by atoms with E-state index in [1.807, 2.05) is 20.8 Å². The Balaban J connectivity index is 1.43. The molecule has 0 saturated heterocycles. The summed E-state index contributed by atoms with van der Waals surface area (Å²) >= 11 is 6.41. The maximum absolute atomic E-state index is 16.3. The normalized spacial score (nSPS) is 19.0. The van der Waals surface area contributed by atoms with Gasteiger partial charge in [0, 0.05) is 17.3 Å². The molecule has 0 spiro atoms. The van der Waals surface area contributed by atoms with Crippen LogP contribution in [0.4, 0.5) is 26.3 Å². The molecule has 1 aliphatic heterocycles. The number of aromatic nitrogens is 4. The van der Waals surface area contributed by atoms with Gasteiger partial charge in [0.1, 0.15) is 18.8 Å². The number of aliphatic imine (C=N–C) groups is 1. The third-order valence-electron chi connectivity index (χ3n) is 9.29. The molecule has 280 valence electrons. The van der Waals surface area contributed by atoms with E-state index in [4.69, 9.17) is 22.1 Å². The minimum atomic E-state index is -4.64. The Bertz CT molecular complexity index is 2060. The highest BCUT2D eigenvalue weighted by Gasteiger charge is 2.64. The molecule has 2 N–H and O–H groups in total. The van der Waals surface area contributed by atoms with Crippen molar-refractivity contribution in [3.63, 3.8) is 0 Å². The molecule has 1 saturated carbocycles. The highest BCUT2D eigenvalue weighted by molar-refractivity contribution is 6.32. The highest BCUT2D eigenvalue weighted by atomic mass is 35.5. The van der Waals surface area contributed by atoms with Crippen molar-refractivity contribution in [1.82, 2.24) is 24.6 Å². The van der Waals surface area contributed by atoms with E-state index in [1.165, 1.54) is 30.3 Å². The smallest absolute Gasteiger partial charge is 0.395 e. The van der Waals surface area contributed by atoms with E-state index in [-0.39, 0.29) is 41.1 Å². The van der Waals surface area contributed by atoms with Gasteiger partial charge in [-0.25, -0.2) is 27.8 Å². The van der Waals surface area contributed by atoms with Crippen LogP contribution in [0.1, 0.15) is 75.9 Å². The zero-order valence-electron chi connectivity index (χ0n) is 28.7. The third-order valence-corrected chi connectivity index (χ3v) is 9.61. The molecule has 1 amide bonds.